The Bertz CT molecular complexity index is 1480. The molecule has 0 aliphatic carbocycles. The number of thiazole rings is 1. The maximum Gasteiger partial charge on any atom is 0.335 e. The first-order chi connectivity index (χ1) is 16.9. The molecule has 1 aliphatic rings. The first kappa shape index (κ1) is 22.6. The number of benzene rings is 1. The van der Waals surface area contributed by atoms with Gasteiger partial charge in [-0.3, -0.25) is 14.6 Å². The number of pyridine rings is 1. The van der Waals surface area contributed by atoms with Crippen molar-refractivity contribution in [1.29, 1.82) is 0 Å². The van der Waals surface area contributed by atoms with Gasteiger partial charge in [-0.25, -0.2) is 14.2 Å². The van der Waals surface area contributed by atoms with E-state index in [1.165, 1.54) is 53.8 Å². The minimum Gasteiger partial charge on any atom is -0.478 e. The Hall–Kier alpha value is -4.16. The number of aromatic nitrogens is 4. The molecule has 3 aromatic heterocycles. The van der Waals surface area contributed by atoms with Crippen LogP contribution in [0.3, 0.4) is 0 Å². The summed E-state index contributed by atoms with van der Waals surface area (Å²) in [6.07, 6.45) is 3.14. The Kier molecular flexibility index (Phi) is 5.97. The lowest BCUT2D eigenvalue weighted by Crippen LogP contribution is -2.48. The van der Waals surface area contributed by atoms with Crippen LogP contribution >= 0.6 is 11.3 Å². The Morgan fingerprint density at radius 1 is 1.17 bits per heavy atom. The van der Waals surface area contributed by atoms with Crippen molar-refractivity contribution in [3.8, 4) is 10.6 Å². The van der Waals surface area contributed by atoms with Crippen molar-refractivity contribution in [1.82, 2.24) is 25.1 Å². The number of nitrogens with zero attached hydrogens (tertiary/aromatic N) is 5. The number of ether oxygens (including phenoxy) is 1. The molecular formula is C23H16FN5O5S. The number of amides is 1. The van der Waals surface area contributed by atoms with Gasteiger partial charge in [0.1, 0.15) is 17.6 Å². The lowest BCUT2D eigenvalue weighted by atomic mass is 10.1. The van der Waals surface area contributed by atoms with Crippen molar-refractivity contribution in [3.05, 3.63) is 70.9 Å². The number of morpholine rings is 1. The Morgan fingerprint density at radius 3 is 2.83 bits per heavy atom. The van der Waals surface area contributed by atoms with Gasteiger partial charge in [-0.15, -0.1) is 11.3 Å². The summed E-state index contributed by atoms with van der Waals surface area (Å²) in [5.74, 6) is -2.51. The van der Waals surface area contributed by atoms with Crippen molar-refractivity contribution in [3.63, 3.8) is 0 Å². The summed E-state index contributed by atoms with van der Waals surface area (Å²) < 4.78 is 19.7. The second-order valence-corrected chi connectivity index (χ2v) is 8.66. The molecule has 0 bridgehead atoms. The van der Waals surface area contributed by atoms with E-state index in [1.807, 2.05) is 0 Å². The van der Waals surface area contributed by atoms with Crippen LogP contribution in [0.2, 0.25) is 0 Å². The molecule has 0 radical (unpaired) electrons. The molecule has 1 amide bonds. The molecule has 1 aromatic carbocycles. The van der Waals surface area contributed by atoms with Crippen LogP contribution in [0.4, 0.5) is 4.39 Å². The Morgan fingerprint density at radius 2 is 2.03 bits per heavy atom. The van der Waals surface area contributed by atoms with Crippen molar-refractivity contribution in [2.75, 3.05) is 19.7 Å². The molecule has 10 nitrogen and oxygen atoms in total. The Labute approximate surface area is 201 Å². The quantitative estimate of drug-likeness (QED) is 0.416. The lowest BCUT2D eigenvalue weighted by molar-refractivity contribution is -0.0114. The topological polar surface area (TPSA) is 135 Å². The standard InChI is InChI=1S/C23H16FN5O5S/c24-15-2-1-5-25-19(15)18-10-26-21(35-18)20(30)17-11-29(6-7-34-17)22(31)14-9-27-28-16-4-3-12(23(32)33)8-13(14)16/h1-5,8-10,17H,6-7,11H2,(H,32,33)/t17-/m1/s1. The molecule has 1 saturated heterocycles. The summed E-state index contributed by atoms with van der Waals surface area (Å²) in [4.78, 5) is 47.7. The van der Waals surface area contributed by atoms with Crippen molar-refractivity contribution >= 4 is 39.9 Å². The number of halogens is 1. The van der Waals surface area contributed by atoms with E-state index in [-0.39, 0.29) is 41.5 Å². The number of hydrogen-bond donors (Lipinski definition) is 1. The largest absolute Gasteiger partial charge is 0.478 e. The summed E-state index contributed by atoms with van der Waals surface area (Å²) in [5.41, 5.74) is 0.661. The minimum absolute atomic E-state index is 0.0125. The molecule has 0 unspecified atom stereocenters. The molecule has 1 aliphatic heterocycles. The maximum absolute atomic E-state index is 14.0. The number of Topliss-reactive ketones (excluding diaryl/α,β-unsaturated/α-hetero) is 1. The van der Waals surface area contributed by atoms with Crippen LogP contribution in [-0.4, -0.2) is 73.6 Å². The molecule has 12 heteroatoms. The highest BCUT2D eigenvalue weighted by molar-refractivity contribution is 7.17. The maximum atomic E-state index is 14.0. The van der Waals surface area contributed by atoms with E-state index in [1.54, 1.807) is 0 Å². The monoisotopic (exact) mass is 493 g/mol. The van der Waals surface area contributed by atoms with Gasteiger partial charge in [0.15, 0.2) is 5.01 Å². The van der Waals surface area contributed by atoms with E-state index >= 15 is 0 Å². The number of carbonyl (C=O) groups is 3. The number of rotatable bonds is 5. The van der Waals surface area contributed by atoms with Gasteiger partial charge in [-0.2, -0.15) is 10.2 Å². The second kappa shape index (κ2) is 9.24. The van der Waals surface area contributed by atoms with Gasteiger partial charge in [0.05, 0.1) is 40.9 Å². The molecule has 0 saturated carbocycles. The van der Waals surface area contributed by atoms with Crippen molar-refractivity contribution in [2.45, 2.75) is 6.10 Å². The number of fused-ring (bicyclic) bond motifs is 1. The lowest BCUT2D eigenvalue weighted by Gasteiger charge is -2.32. The molecule has 0 spiro atoms. The number of carbonyl (C=O) groups excluding carboxylic acids is 2. The molecule has 4 aromatic rings. The van der Waals surface area contributed by atoms with Crippen LogP contribution in [-0.2, 0) is 4.74 Å². The van der Waals surface area contributed by atoms with E-state index < -0.39 is 29.6 Å². The van der Waals surface area contributed by atoms with Crippen LogP contribution in [0.15, 0.2) is 48.9 Å². The molecule has 35 heavy (non-hydrogen) atoms. The summed E-state index contributed by atoms with van der Waals surface area (Å²) >= 11 is 0.994. The van der Waals surface area contributed by atoms with Gasteiger partial charge < -0.3 is 14.7 Å². The van der Waals surface area contributed by atoms with E-state index in [0.29, 0.717) is 15.8 Å². The first-order valence-electron chi connectivity index (χ1n) is 10.4. The molecule has 176 valence electrons. The summed E-state index contributed by atoms with van der Waals surface area (Å²) in [6, 6.07) is 6.98. The Balaban J connectivity index is 1.37. The third-order valence-corrected chi connectivity index (χ3v) is 6.49. The van der Waals surface area contributed by atoms with Crippen LogP contribution in [0.5, 0.6) is 0 Å². The van der Waals surface area contributed by atoms with Crippen LogP contribution in [0.25, 0.3) is 21.5 Å². The van der Waals surface area contributed by atoms with Gasteiger partial charge in [0, 0.05) is 24.3 Å². The van der Waals surface area contributed by atoms with Gasteiger partial charge >= 0.3 is 5.97 Å². The highest BCUT2D eigenvalue weighted by Crippen LogP contribution is 2.28. The fraction of sp³-hybridized carbons (Fsp3) is 0.174. The summed E-state index contributed by atoms with van der Waals surface area (Å²) in [5, 5.41) is 17.6. The van der Waals surface area contributed by atoms with Gasteiger partial charge in [0.25, 0.3) is 5.91 Å². The van der Waals surface area contributed by atoms with E-state index in [2.05, 4.69) is 20.2 Å². The summed E-state index contributed by atoms with van der Waals surface area (Å²) in [7, 11) is 0. The van der Waals surface area contributed by atoms with Crippen LogP contribution in [0, 0.1) is 5.82 Å². The third-order valence-electron chi connectivity index (χ3n) is 5.47. The normalized spacial score (nSPS) is 15.8. The zero-order valence-corrected chi connectivity index (χ0v) is 18.7. The third kappa shape index (κ3) is 4.36. The molecular weight excluding hydrogens is 477 g/mol. The van der Waals surface area contributed by atoms with Crippen molar-refractivity contribution < 1.29 is 28.6 Å². The highest BCUT2D eigenvalue weighted by atomic mass is 32.1. The van der Waals surface area contributed by atoms with Crippen molar-refractivity contribution in [2.24, 2.45) is 0 Å². The first-order valence-corrected chi connectivity index (χ1v) is 11.2. The van der Waals surface area contributed by atoms with E-state index in [9.17, 15) is 23.9 Å². The highest BCUT2D eigenvalue weighted by Gasteiger charge is 2.33. The zero-order chi connectivity index (χ0) is 24.5. The van der Waals surface area contributed by atoms with Gasteiger partial charge in [-0.05, 0) is 30.3 Å². The minimum atomic E-state index is -1.13. The SMILES string of the molecule is O=C(O)c1ccc2nncc(C(=O)N3CCO[C@@H](C(=O)c4ncc(-c5ncccc5F)s4)C3)c2c1. The fourth-order valence-corrected chi connectivity index (χ4v) is 4.62. The van der Waals surface area contributed by atoms with Crippen LogP contribution in [0.1, 0.15) is 30.5 Å². The zero-order valence-electron chi connectivity index (χ0n) is 17.9. The average molecular weight is 493 g/mol. The van der Waals surface area contributed by atoms with E-state index in [4.69, 9.17) is 4.74 Å². The fourth-order valence-electron chi connectivity index (χ4n) is 3.73. The smallest absolute Gasteiger partial charge is 0.335 e. The number of aromatic carboxylic acids is 1. The number of carboxylic acid groups (broad SMARTS) is 1. The van der Waals surface area contributed by atoms with Gasteiger partial charge in [0.2, 0.25) is 5.78 Å². The number of hydrogen-bond acceptors (Lipinski definition) is 9. The number of ketones is 1. The van der Waals surface area contributed by atoms with Crippen LogP contribution < -0.4 is 0 Å². The second-order valence-electron chi connectivity index (χ2n) is 7.63. The molecule has 1 fully saturated rings. The molecule has 4 heterocycles. The van der Waals surface area contributed by atoms with Gasteiger partial charge in [-0.1, -0.05) is 0 Å². The predicted octanol–water partition coefficient (Wildman–Crippen LogP) is 2.71. The molecule has 1 atom stereocenters. The molecule has 5 rings (SSSR count). The predicted molar refractivity (Wildman–Crippen MR) is 122 cm³/mol. The van der Waals surface area contributed by atoms with E-state index in [0.717, 1.165) is 11.3 Å². The average Bonchev–Trinajstić information content (AvgIpc) is 3.37. The summed E-state index contributed by atoms with van der Waals surface area (Å²) in [6.45, 7) is 0.312. The molecule has 1 N–H and O–H groups in total. The number of carboxylic acids is 1.